The lowest BCUT2D eigenvalue weighted by molar-refractivity contribution is 0.414. The van der Waals surface area contributed by atoms with Crippen molar-refractivity contribution in [1.29, 1.82) is 0 Å². The Bertz CT molecular complexity index is 574. The van der Waals surface area contributed by atoms with Crippen molar-refractivity contribution >= 4 is 27.7 Å². The number of hydrogen-bond donors (Lipinski definition) is 2. The number of anilines is 2. The fraction of sp³-hybridized carbons (Fsp3) is 0.333. The summed E-state index contributed by atoms with van der Waals surface area (Å²) in [6.07, 6.45) is 2.79. The first-order chi connectivity index (χ1) is 10.2. The van der Waals surface area contributed by atoms with Crippen LogP contribution in [0.5, 0.6) is 5.75 Å². The lowest BCUT2D eigenvalue weighted by atomic mass is 10.2. The van der Waals surface area contributed by atoms with E-state index in [1.54, 1.807) is 13.3 Å². The maximum Gasteiger partial charge on any atom is 0.224 e. The van der Waals surface area contributed by atoms with Crippen LogP contribution in [0.15, 0.2) is 34.9 Å². The van der Waals surface area contributed by atoms with Crippen molar-refractivity contribution in [1.82, 2.24) is 9.97 Å². The average Bonchev–Trinajstić information content (AvgIpc) is 2.53. The molecule has 2 rings (SSSR count). The van der Waals surface area contributed by atoms with Crippen LogP contribution < -0.4 is 15.4 Å². The first-order valence-electron chi connectivity index (χ1n) is 6.86. The molecule has 0 aliphatic carbocycles. The minimum atomic E-state index is 0.636. The minimum Gasteiger partial charge on any atom is -0.497 e. The second-order valence-corrected chi connectivity index (χ2v) is 5.37. The van der Waals surface area contributed by atoms with Crippen LogP contribution in [-0.4, -0.2) is 23.6 Å². The summed E-state index contributed by atoms with van der Waals surface area (Å²) < 4.78 is 5.99. The fourth-order valence-electron chi connectivity index (χ4n) is 1.74. The first kappa shape index (κ1) is 15.6. The van der Waals surface area contributed by atoms with E-state index in [-0.39, 0.29) is 0 Å². The zero-order valence-electron chi connectivity index (χ0n) is 12.2. The van der Waals surface area contributed by atoms with Gasteiger partial charge < -0.3 is 15.4 Å². The van der Waals surface area contributed by atoms with Gasteiger partial charge in [0, 0.05) is 19.3 Å². The largest absolute Gasteiger partial charge is 0.497 e. The lowest BCUT2D eigenvalue weighted by Crippen LogP contribution is -2.08. The Hall–Kier alpha value is -1.82. The van der Waals surface area contributed by atoms with Crippen LogP contribution in [0.3, 0.4) is 0 Å². The van der Waals surface area contributed by atoms with Crippen molar-refractivity contribution in [3.63, 3.8) is 0 Å². The Morgan fingerprint density at radius 1 is 1.19 bits per heavy atom. The van der Waals surface area contributed by atoms with E-state index in [0.29, 0.717) is 12.5 Å². The van der Waals surface area contributed by atoms with Crippen molar-refractivity contribution in [2.45, 2.75) is 19.9 Å². The van der Waals surface area contributed by atoms with E-state index in [0.717, 1.165) is 34.6 Å². The van der Waals surface area contributed by atoms with Crippen LogP contribution in [-0.2, 0) is 6.54 Å². The highest BCUT2D eigenvalue weighted by atomic mass is 79.9. The Balaban J connectivity index is 2.00. The van der Waals surface area contributed by atoms with Crippen LogP contribution in [0.25, 0.3) is 0 Å². The number of ether oxygens (including phenoxy) is 1. The SMILES string of the molecule is CCCNc1ncc(Br)c(NCc2ccc(OC)cc2)n1. The molecule has 0 aliphatic rings. The Morgan fingerprint density at radius 2 is 1.95 bits per heavy atom. The highest BCUT2D eigenvalue weighted by Gasteiger charge is 2.04. The van der Waals surface area contributed by atoms with Crippen LogP contribution in [0.1, 0.15) is 18.9 Å². The number of benzene rings is 1. The molecule has 0 aliphatic heterocycles. The highest BCUT2D eigenvalue weighted by molar-refractivity contribution is 9.10. The molecule has 0 radical (unpaired) electrons. The van der Waals surface area contributed by atoms with Gasteiger partial charge in [-0.25, -0.2) is 4.98 Å². The first-order valence-corrected chi connectivity index (χ1v) is 7.65. The molecule has 0 saturated heterocycles. The highest BCUT2D eigenvalue weighted by Crippen LogP contribution is 2.21. The van der Waals surface area contributed by atoms with E-state index in [1.165, 1.54) is 0 Å². The van der Waals surface area contributed by atoms with E-state index in [9.17, 15) is 0 Å². The third-order valence-electron chi connectivity index (χ3n) is 2.90. The molecular formula is C15H19BrN4O. The van der Waals surface area contributed by atoms with Crippen LogP contribution in [0.4, 0.5) is 11.8 Å². The van der Waals surface area contributed by atoms with Gasteiger partial charge in [0.2, 0.25) is 5.95 Å². The van der Waals surface area contributed by atoms with E-state index in [2.05, 4.69) is 43.5 Å². The number of hydrogen-bond acceptors (Lipinski definition) is 5. The molecule has 1 aromatic carbocycles. The number of aromatic nitrogens is 2. The summed E-state index contributed by atoms with van der Waals surface area (Å²) in [5.41, 5.74) is 1.16. The summed E-state index contributed by atoms with van der Waals surface area (Å²) in [5.74, 6) is 2.27. The number of nitrogens with zero attached hydrogens (tertiary/aromatic N) is 2. The van der Waals surface area contributed by atoms with Crippen molar-refractivity contribution < 1.29 is 4.74 Å². The summed E-state index contributed by atoms with van der Waals surface area (Å²) >= 11 is 3.46. The zero-order chi connectivity index (χ0) is 15.1. The zero-order valence-corrected chi connectivity index (χ0v) is 13.8. The minimum absolute atomic E-state index is 0.636. The molecule has 6 heteroatoms. The monoisotopic (exact) mass is 350 g/mol. The second kappa shape index (κ2) is 7.83. The number of rotatable bonds is 7. The van der Waals surface area contributed by atoms with Crippen molar-refractivity contribution in [3.8, 4) is 5.75 Å². The maximum absolute atomic E-state index is 5.15. The summed E-state index contributed by atoms with van der Waals surface area (Å²) in [5, 5.41) is 6.48. The van der Waals surface area contributed by atoms with Gasteiger partial charge in [-0.15, -0.1) is 0 Å². The van der Waals surface area contributed by atoms with E-state index in [1.807, 2.05) is 24.3 Å². The molecule has 0 unspecified atom stereocenters. The van der Waals surface area contributed by atoms with Crippen LogP contribution in [0, 0.1) is 0 Å². The molecule has 1 aromatic heterocycles. The molecule has 0 bridgehead atoms. The Morgan fingerprint density at radius 3 is 2.62 bits per heavy atom. The number of methoxy groups -OCH3 is 1. The van der Waals surface area contributed by atoms with Gasteiger partial charge in [-0.1, -0.05) is 19.1 Å². The van der Waals surface area contributed by atoms with Gasteiger partial charge >= 0.3 is 0 Å². The summed E-state index contributed by atoms with van der Waals surface area (Å²) in [6.45, 7) is 3.65. The van der Waals surface area contributed by atoms with E-state index >= 15 is 0 Å². The van der Waals surface area contributed by atoms with Gasteiger partial charge in [-0.05, 0) is 40.0 Å². The molecule has 0 spiro atoms. The molecule has 2 N–H and O–H groups in total. The number of halogens is 1. The predicted octanol–water partition coefficient (Wildman–Crippen LogP) is 3.68. The molecule has 112 valence electrons. The Labute approximate surface area is 133 Å². The van der Waals surface area contributed by atoms with E-state index in [4.69, 9.17) is 4.74 Å². The van der Waals surface area contributed by atoms with Crippen LogP contribution >= 0.6 is 15.9 Å². The number of nitrogens with one attached hydrogen (secondary N) is 2. The molecule has 5 nitrogen and oxygen atoms in total. The van der Waals surface area contributed by atoms with Gasteiger partial charge in [0.25, 0.3) is 0 Å². The molecule has 0 atom stereocenters. The molecular weight excluding hydrogens is 332 g/mol. The quantitative estimate of drug-likeness (QED) is 0.797. The van der Waals surface area contributed by atoms with Gasteiger partial charge in [-0.3, -0.25) is 0 Å². The fourth-order valence-corrected chi connectivity index (χ4v) is 2.07. The average molecular weight is 351 g/mol. The smallest absolute Gasteiger partial charge is 0.224 e. The topological polar surface area (TPSA) is 59.1 Å². The van der Waals surface area contributed by atoms with Crippen molar-refractivity contribution in [2.24, 2.45) is 0 Å². The molecule has 0 fully saturated rings. The van der Waals surface area contributed by atoms with Crippen molar-refractivity contribution in [2.75, 3.05) is 24.3 Å². The second-order valence-electron chi connectivity index (χ2n) is 4.52. The third kappa shape index (κ3) is 4.60. The normalized spacial score (nSPS) is 10.2. The Kier molecular flexibility index (Phi) is 5.80. The van der Waals surface area contributed by atoms with Gasteiger partial charge in [0.15, 0.2) is 0 Å². The van der Waals surface area contributed by atoms with Gasteiger partial charge in [-0.2, -0.15) is 4.98 Å². The molecule has 0 saturated carbocycles. The van der Waals surface area contributed by atoms with Gasteiger partial charge in [0.05, 0.1) is 11.6 Å². The van der Waals surface area contributed by atoms with Crippen molar-refractivity contribution in [3.05, 3.63) is 40.5 Å². The molecule has 21 heavy (non-hydrogen) atoms. The molecule has 0 amide bonds. The molecule has 1 heterocycles. The van der Waals surface area contributed by atoms with E-state index < -0.39 is 0 Å². The van der Waals surface area contributed by atoms with Crippen LogP contribution in [0.2, 0.25) is 0 Å². The third-order valence-corrected chi connectivity index (χ3v) is 3.48. The van der Waals surface area contributed by atoms with Gasteiger partial charge in [0.1, 0.15) is 11.6 Å². The summed E-state index contributed by atoms with van der Waals surface area (Å²) in [4.78, 5) is 8.68. The summed E-state index contributed by atoms with van der Waals surface area (Å²) in [7, 11) is 1.66. The standard InChI is InChI=1S/C15H19BrN4O/c1-3-8-17-15-19-10-13(16)14(20-15)18-9-11-4-6-12(21-2)7-5-11/h4-7,10H,3,8-9H2,1-2H3,(H2,17,18,19,20). The maximum atomic E-state index is 5.15. The molecule has 2 aromatic rings. The predicted molar refractivity (Wildman–Crippen MR) is 88.8 cm³/mol. The lowest BCUT2D eigenvalue weighted by Gasteiger charge is -2.10. The summed E-state index contributed by atoms with van der Waals surface area (Å²) in [6, 6.07) is 7.94.